The molecule has 3 aromatic rings. The second-order valence-electron chi connectivity index (χ2n) is 11.0. The average molecular weight is 616 g/mol. The van der Waals surface area contributed by atoms with Crippen molar-refractivity contribution in [2.45, 2.75) is 63.8 Å². The Labute approximate surface area is 250 Å². The molecule has 0 heterocycles. The van der Waals surface area contributed by atoms with Crippen LogP contribution in [-0.4, -0.2) is 50.0 Å². The number of rotatable bonds is 11. The van der Waals surface area contributed by atoms with Crippen molar-refractivity contribution < 1.29 is 31.2 Å². The lowest BCUT2D eigenvalue weighted by Gasteiger charge is -2.34. The van der Waals surface area contributed by atoms with Gasteiger partial charge in [-0.15, -0.1) is 0 Å². The molecule has 0 spiro atoms. The average Bonchev–Trinajstić information content (AvgIpc) is 3.47. The Morgan fingerprint density at radius 1 is 0.930 bits per heavy atom. The molecule has 1 aliphatic rings. The van der Waals surface area contributed by atoms with Gasteiger partial charge in [0.25, 0.3) is 0 Å². The van der Waals surface area contributed by atoms with E-state index in [0.717, 1.165) is 60.8 Å². The maximum atomic E-state index is 14.1. The number of hydrogen-bond acceptors (Lipinski definition) is 4. The number of hydrogen-bond donors (Lipinski definition) is 1. The van der Waals surface area contributed by atoms with Gasteiger partial charge >= 0.3 is 6.18 Å². The zero-order valence-electron chi connectivity index (χ0n) is 24.2. The molecule has 0 radical (unpaired) electrons. The van der Waals surface area contributed by atoms with Crippen molar-refractivity contribution in [2.24, 2.45) is 0 Å². The number of alkyl halides is 3. The molecule has 1 unspecified atom stereocenters. The topological polar surface area (TPSA) is 86.8 Å². The molecule has 1 fully saturated rings. The summed E-state index contributed by atoms with van der Waals surface area (Å²) in [4.78, 5) is 29.3. The lowest BCUT2D eigenvalue weighted by atomic mass is 10.0. The van der Waals surface area contributed by atoms with Gasteiger partial charge in [-0.3, -0.25) is 13.9 Å². The van der Waals surface area contributed by atoms with Gasteiger partial charge in [-0.2, -0.15) is 13.2 Å². The smallest absolute Gasteiger partial charge is 0.352 e. The van der Waals surface area contributed by atoms with E-state index < -0.39 is 40.3 Å². The van der Waals surface area contributed by atoms with Crippen LogP contribution in [0.3, 0.4) is 0 Å². The first-order valence-corrected chi connectivity index (χ1v) is 16.0. The highest BCUT2D eigenvalue weighted by atomic mass is 32.2. The minimum atomic E-state index is -4.71. The van der Waals surface area contributed by atoms with Crippen molar-refractivity contribution in [3.05, 3.63) is 101 Å². The third-order valence-electron chi connectivity index (χ3n) is 7.59. The predicted octanol–water partition coefficient (Wildman–Crippen LogP) is 5.48. The van der Waals surface area contributed by atoms with Crippen LogP contribution >= 0.6 is 0 Å². The highest BCUT2D eigenvalue weighted by molar-refractivity contribution is 7.92. The first-order chi connectivity index (χ1) is 20.3. The van der Waals surface area contributed by atoms with Crippen LogP contribution in [0.5, 0.6) is 0 Å². The van der Waals surface area contributed by atoms with E-state index >= 15 is 0 Å². The molecule has 230 valence electrons. The van der Waals surface area contributed by atoms with E-state index in [0.29, 0.717) is 10.4 Å². The zero-order chi connectivity index (χ0) is 31.2. The van der Waals surface area contributed by atoms with E-state index in [4.69, 9.17) is 0 Å². The summed E-state index contributed by atoms with van der Waals surface area (Å²) in [5.41, 5.74) is 1.18. The van der Waals surface area contributed by atoms with Crippen molar-refractivity contribution in [3.63, 3.8) is 0 Å². The number of halogens is 3. The van der Waals surface area contributed by atoms with Gasteiger partial charge in [-0.05, 0) is 49.1 Å². The molecular weight excluding hydrogens is 579 g/mol. The van der Waals surface area contributed by atoms with Crippen LogP contribution in [0.2, 0.25) is 0 Å². The Morgan fingerprint density at radius 3 is 2.19 bits per heavy atom. The highest BCUT2D eigenvalue weighted by Crippen LogP contribution is 2.32. The monoisotopic (exact) mass is 615 g/mol. The maximum Gasteiger partial charge on any atom is 0.416 e. The fourth-order valence-electron chi connectivity index (χ4n) is 5.26. The minimum Gasteiger partial charge on any atom is -0.352 e. The summed E-state index contributed by atoms with van der Waals surface area (Å²) in [6, 6.07) is 19.4. The summed E-state index contributed by atoms with van der Waals surface area (Å²) in [5.74, 6) is -1.08. The van der Waals surface area contributed by atoms with Crippen molar-refractivity contribution >= 4 is 27.5 Å². The first kappa shape index (κ1) is 32.1. The Bertz CT molecular complexity index is 1510. The van der Waals surface area contributed by atoms with E-state index in [9.17, 15) is 31.2 Å². The Kier molecular flexibility index (Phi) is 10.2. The molecule has 0 saturated heterocycles. The minimum absolute atomic E-state index is 0.00507. The summed E-state index contributed by atoms with van der Waals surface area (Å²) in [7, 11) is -4.19. The molecule has 2 amide bonds. The summed E-state index contributed by atoms with van der Waals surface area (Å²) in [6.07, 6.45) is -0.0836. The second-order valence-corrected chi connectivity index (χ2v) is 12.9. The van der Waals surface area contributed by atoms with Gasteiger partial charge in [-0.25, -0.2) is 8.42 Å². The SMILES string of the molecule is Cc1ccc(CN(C(=O)CN(c2cccc(C(F)(F)F)c2)S(C)(=O)=O)C(Cc2ccccc2)C(=O)NC2CCCC2)cc1. The van der Waals surface area contributed by atoms with Crippen molar-refractivity contribution in [1.29, 1.82) is 0 Å². The fourth-order valence-corrected chi connectivity index (χ4v) is 6.10. The van der Waals surface area contributed by atoms with E-state index in [1.165, 1.54) is 11.0 Å². The molecular formula is C32H36F3N3O4S. The van der Waals surface area contributed by atoms with Gasteiger partial charge in [0.1, 0.15) is 12.6 Å². The van der Waals surface area contributed by atoms with Crippen LogP contribution < -0.4 is 9.62 Å². The normalized spacial score (nSPS) is 14.7. The third-order valence-corrected chi connectivity index (χ3v) is 8.73. The number of carbonyl (C=O) groups excluding carboxylic acids is 2. The van der Waals surface area contributed by atoms with Gasteiger partial charge in [0.15, 0.2) is 0 Å². The molecule has 0 aliphatic heterocycles. The van der Waals surface area contributed by atoms with Crippen LogP contribution in [-0.2, 0) is 38.8 Å². The van der Waals surface area contributed by atoms with Crippen LogP contribution in [0.25, 0.3) is 0 Å². The van der Waals surface area contributed by atoms with Crippen LogP contribution in [0, 0.1) is 6.92 Å². The quantitative estimate of drug-likeness (QED) is 0.310. The molecule has 3 aromatic carbocycles. The van der Waals surface area contributed by atoms with Crippen molar-refractivity contribution in [3.8, 4) is 0 Å². The third kappa shape index (κ3) is 8.82. The maximum absolute atomic E-state index is 14.1. The molecule has 43 heavy (non-hydrogen) atoms. The number of nitrogens with zero attached hydrogens (tertiary/aromatic N) is 2. The van der Waals surface area contributed by atoms with E-state index in [1.54, 1.807) is 0 Å². The van der Waals surface area contributed by atoms with Crippen LogP contribution in [0.4, 0.5) is 18.9 Å². The summed E-state index contributed by atoms with van der Waals surface area (Å²) in [5, 5.41) is 3.08. The molecule has 7 nitrogen and oxygen atoms in total. The van der Waals surface area contributed by atoms with Crippen LogP contribution in [0.1, 0.15) is 47.9 Å². The van der Waals surface area contributed by atoms with E-state index in [1.807, 2.05) is 61.5 Å². The number of aryl methyl sites for hydroxylation is 1. The first-order valence-electron chi connectivity index (χ1n) is 14.2. The number of sulfonamides is 1. The molecule has 0 aromatic heterocycles. The molecule has 1 saturated carbocycles. The van der Waals surface area contributed by atoms with Gasteiger partial charge < -0.3 is 10.2 Å². The Hall–Kier alpha value is -3.86. The molecule has 1 N–H and O–H groups in total. The van der Waals surface area contributed by atoms with Crippen molar-refractivity contribution in [2.75, 3.05) is 17.1 Å². The molecule has 0 bridgehead atoms. The number of benzene rings is 3. The number of nitrogens with one attached hydrogen (secondary N) is 1. The lowest BCUT2D eigenvalue weighted by Crippen LogP contribution is -2.54. The molecule has 1 atom stereocenters. The summed E-state index contributed by atoms with van der Waals surface area (Å²) < 4.78 is 66.8. The number of amides is 2. The Morgan fingerprint density at radius 2 is 1.58 bits per heavy atom. The fraction of sp³-hybridized carbons (Fsp3) is 0.375. The van der Waals surface area contributed by atoms with Gasteiger partial charge in [0.2, 0.25) is 21.8 Å². The highest BCUT2D eigenvalue weighted by Gasteiger charge is 2.35. The summed E-state index contributed by atoms with van der Waals surface area (Å²) >= 11 is 0. The van der Waals surface area contributed by atoms with Crippen molar-refractivity contribution in [1.82, 2.24) is 10.2 Å². The van der Waals surface area contributed by atoms with E-state index in [-0.39, 0.29) is 30.6 Å². The molecule has 1 aliphatic carbocycles. The Balaban J connectivity index is 1.73. The predicted molar refractivity (Wildman–Crippen MR) is 160 cm³/mol. The second kappa shape index (κ2) is 13.6. The largest absolute Gasteiger partial charge is 0.416 e. The number of carbonyl (C=O) groups is 2. The molecule has 4 rings (SSSR count). The van der Waals surface area contributed by atoms with Gasteiger partial charge in [0.05, 0.1) is 17.5 Å². The molecule has 11 heteroatoms. The lowest BCUT2D eigenvalue weighted by molar-refractivity contribution is -0.140. The van der Waals surface area contributed by atoms with Crippen LogP contribution in [0.15, 0.2) is 78.9 Å². The number of anilines is 1. The zero-order valence-corrected chi connectivity index (χ0v) is 25.0. The van der Waals surface area contributed by atoms with Gasteiger partial charge in [0, 0.05) is 19.0 Å². The summed E-state index contributed by atoms with van der Waals surface area (Å²) in [6.45, 7) is 1.13. The van der Waals surface area contributed by atoms with Gasteiger partial charge in [-0.1, -0.05) is 79.1 Å². The van der Waals surface area contributed by atoms with E-state index in [2.05, 4.69) is 5.32 Å². The standard InChI is InChI=1S/C32H36F3N3O4S/c1-23-15-17-25(18-16-23)21-37(29(19-24-9-4-3-5-10-24)31(40)36-27-12-6-7-13-27)30(39)22-38(43(2,41)42)28-14-8-11-26(20-28)32(33,34)35/h3-5,8-11,14-18,20,27,29H,6-7,12-13,19,21-22H2,1-2H3,(H,36,40).